The van der Waals surface area contributed by atoms with Gasteiger partial charge in [-0.3, -0.25) is 0 Å². The Bertz CT molecular complexity index is 749. The first kappa shape index (κ1) is 15.0. The van der Waals surface area contributed by atoms with Gasteiger partial charge in [-0.2, -0.15) is 5.26 Å². The molecule has 2 heterocycles. The van der Waals surface area contributed by atoms with Crippen molar-refractivity contribution in [1.82, 2.24) is 4.98 Å². The van der Waals surface area contributed by atoms with Crippen LogP contribution in [0.4, 0.5) is 5.82 Å². The van der Waals surface area contributed by atoms with E-state index in [4.69, 9.17) is 16.3 Å². The zero-order valence-corrected chi connectivity index (χ0v) is 13.0. The van der Waals surface area contributed by atoms with Crippen LogP contribution in [-0.4, -0.2) is 36.4 Å². The van der Waals surface area contributed by atoms with Crippen molar-refractivity contribution in [3.8, 4) is 6.07 Å². The Hall–Kier alpha value is -1.87. The molecule has 1 atom stereocenters. The van der Waals surface area contributed by atoms with Gasteiger partial charge in [-0.25, -0.2) is 4.98 Å². The summed E-state index contributed by atoms with van der Waals surface area (Å²) < 4.78 is 5.35. The van der Waals surface area contributed by atoms with Crippen LogP contribution in [0.25, 0.3) is 10.9 Å². The average Bonchev–Trinajstić information content (AvgIpc) is 2.54. The fraction of sp³-hybridized carbons (Fsp3) is 0.375. The number of para-hydroxylation sites is 1. The molecule has 1 aromatic heterocycles. The van der Waals surface area contributed by atoms with Gasteiger partial charge in [0.25, 0.3) is 0 Å². The molecule has 1 aromatic carbocycles. The lowest BCUT2D eigenvalue weighted by Gasteiger charge is -2.29. The minimum absolute atomic E-state index is 0.361. The highest BCUT2D eigenvalue weighted by atomic mass is 35.5. The Labute approximate surface area is 133 Å². The van der Waals surface area contributed by atoms with Gasteiger partial charge in [0, 0.05) is 24.0 Å². The van der Waals surface area contributed by atoms with E-state index in [2.05, 4.69) is 11.1 Å². The van der Waals surface area contributed by atoms with Crippen molar-refractivity contribution in [3.63, 3.8) is 0 Å². The highest BCUT2D eigenvalue weighted by Crippen LogP contribution is 2.35. The van der Waals surface area contributed by atoms with Crippen LogP contribution >= 0.6 is 11.6 Å². The van der Waals surface area contributed by atoms with Crippen molar-refractivity contribution in [1.29, 1.82) is 5.26 Å². The standard InChI is InChI=1S/C16H16ClN3O2/c1-10(21)11-3-2-4-12-13(9-18)14(17)16(19-15(11)12)20-5-7-22-8-6-20/h2-4,10,21H,5-8H2,1H3. The highest BCUT2D eigenvalue weighted by molar-refractivity contribution is 6.35. The van der Waals surface area contributed by atoms with Crippen molar-refractivity contribution >= 4 is 28.3 Å². The first-order valence-electron chi connectivity index (χ1n) is 7.16. The van der Waals surface area contributed by atoms with Gasteiger partial charge in [-0.15, -0.1) is 0 Å². The van der Waals surface area contributed by atoms with E-state index >= 15 is 0 Å². The quantitative estimate of drug-likeness (QED) is 0.922. The molecule has 0 radical (unpaired) electrons. The second-order valence-corrected chi connectivity index (χ2v) is 5.63. The number of fused-ring (bicyclic) bond motifs is 1. The lowest BCUT2D eigenvalue weighted by molar-refractivity contribution is 0.122. The number of nitriles is 1. The molecule has 22 heavy (non-hydrogen) atoms. The number of benzene rings is 1. The van der Waals surface area contributed by atoms with Gasteiger partial charge in [-0.1, -0.05) is 29.8 Å². The molecule has 1 saturated heterocycles. The van der Waals surface area contributed by atoms with Crippen molar-refractivity contribution in [2.24, 2.45) is 0 Å². The van der Waals surface area contributed by atoms with E-state index < -0.39 is 6.10 Å². The summed E-state index contributed by atoms with van der Waals surface area (Å²) in [7, 11) is 0. The van der Waals surface area contributed by atoms with Crippen molar-refractivity contribution in [2.45, 2.75) is 13.0 Å². The van der Waals surface area contributed by atoms with Crippen molar-refractivity contribution in [3.05, 3.63) is 34.3 Å². The van der Waals surface area contributed by atoms with Gasteiger partial charge in [0.05, 0.1) is 30.4 Å². The number of morpholine rings is 1. The van der Waals surface area contributed by atoms with E-state index in [0.29, 0.717) is 59.2 Å². The number of hydrogen-bond acceptors (Lipinski definition) is 5. The second-order valence-electron chi connectivity index (χ2n) is 5.25. The third-order valence-corrected chi connectivity index (χ3v) is 4.20. The number of aromatic nitrogens is 1. The first-order valence-corrected chi connectivity index (χ1v) is 7.54. The van der Waals surface area contributed by atoms with Crippen LogP contribution in [0, 0.1) is 11.3 Å². The number of aliphatic hydroxyl groups excluding tert-OH is 1. The Morgan fingerprint density at radius 1 is 1.41 bits per heavy atom. The van der Waals surface area contributed by atoms with Crippen molar-refractivity contribution < 1.29 is 9.84 Å². The van der Waals surface area contributed by atoms with Gasteiger partial charge >= 0.3 is 0 Å². The monoisotopic (exact) mass is 317 g/mol. The number of pyridine rings is 1. The van der Waals surface area contributed by atoms with Crippen LogP contribution in [0.5, 0.6) is 0 Å². The molecule has 2 aromatic rings. The molecule has 1 N–H and O–H groups in total. The van der Waals surface area contributed by atoms with Crippen molar-refractivity contribution in [2.75, 3.05) is 31.2 Å². The first-order chi connectivity index (χ1) is 10.6. The predicted molar refractivity (Wildman–Crippen MR) is 85.1 cm³/mol. The SMILES string of the molecule is CC(O)c1cccc2c(C#N)c(Cl)c(N3CCOCC3)nc12. The molecule has 0 saturated carbocycles. The van der Waals surface area contributed by atoms with Crippen LogP contribution in [0.1, 0.15) is 24.2 Å². The summed E-state index contributed by atoms with van der Waals surface area (Å²) in [5, 5.41) is 20.5. The molecule has 3 rings (SSSR count). The molecule has 6 heteroatoms. The summed E-state index contributed by atoms with van der Waals surface area (Å²) >= 11 is 6.42. The van der Waals surface area contributed by atoms with Crippen LogP contribution in [0.2, 0.25) is 5.02 Å². The molecule has 0 bridgehead atoms. The number of ether oxygens (including phenoxy) is 1. The molecular formula is C16H16ClN3O2. The molecule has 114 valence electrons. The fourth-order valence-corrected chi connectivity index (χ4v) is 3.01. The minimum atomic E-state index is -0.665. The molecule has 1 aliphatic rings. The smallest absolute Gasteiger partial charge is 0.149 e. The maximum atomic E-state index is 9.97. The molecule has 0 aliphatic carbocycles. The Morgan fingerprint density at radius 2 is 2.14 bits per heavy atom. The summed E-state index contributed by atoms with van der Waals surface area (Å²) in [4.78, 5) is 6.67. The molecular weight excluding hydrogens is 302 g/mol. The summed E-state index contributed by atoms with van der Waals surface area (Å²) in [5.41, 5.74) is 1.72. The lowest BCUT2D eigenvalue weighted by Crippen LogP contribution is -2.37. The van der Waals surface area contributed by atoms with E-state index in [0.717, 1.165) is 0 Å². The number of rotatable bonds is 2. The topological polar surface area (TPSA) is 69.4 Å². The number of halogens is 1. The van der Waals surface area contributed by atoms with Crippen LogP contribution < -0.4 is 4.90 Å². The Morgan fingerprint density at radius 3 is 2.77 bits per heavy atom. The van der Waals surface area contributed by atoms with Gasteiger partial charge in [0.2, 0.25) is 0 Å². The maximum absolute atomic E-state index is 9.97. The normalized spacial score (nSPS) is 16.5. The molecule has 1 fully saturated rings. The number of nitrogens with zero attached hydrogens (tertiary/aromatic N) is 3. The summed E-state index contributed by atoms with van der Waals surface area (Å²) in [6.07, 6.45) is -0.665. The highest BCUT2D eigenvalue weighted by Gasteiger charge is 2.22. The van der Waals surface area contributed by atoms with E-state index in [1.807, 2.05) is 17.0 Å². The Balaban J connectivity index is 2.27. The van der Waals surface area contributed by atoms with Crippen LogP contribution in [0.15, 0.2) is 18.2 Å². The lowest BCUT2D eigenvalue weighted by atomic mass is 10.0. The zero-order valence-electron chi connectivity index (χ0n) is 12.2. The zero-order chi connectivity index (χ0) is 15.7. The average molecular weight is 318 g/mol. The van der Waals surface area contributed by atoms with Gasteiger partial charge in [0.15, 0.2) is 0 Å². The van der Waals surface area contributed by atoms with E-state index in [-0.39, 0.29) is 0 Å². The van der Waals surface area contributed by atoms with Crippen LogP contribution in [-0.2, 0) is 4.74 Å². The summed E-state index contributed by atoms with van der Waals surface area (Å²) in [5.74, 6) is 0.585. The molecule has 1 unspecified atom stereocenters. The van der Waals surface area contributed by atoms with Gasteiger partial charge in [-0.05, 0) is 6.92 Å². The largest absolute Gasteiger partial charge is 0.389 e. The van der Waals surface area contributed by atoms with E-state index in [1.165, 1.54) is 0 Å². The van der Waals surface area contributed by atoms with Gasteiger partial charge < -0.3 is 14.7 Å². The van der Waals surface area contributed by atoms with Gasteiger partial charge in [0.1, 0.15) is 16.9 Å². The van der Waals surface area contributed by atoms with Crippen LogP contribution in [0.3, 0.4) is 0 Å². The molecule has 5 nitrogen and oxygen atoms in total. The van der Waals surface area contributed by atoms with E-state index in [9.17, 15) is 10.4 Å². The van der Waals surface area contributed by atoms with E-state index in [1.54, 1.807) is 13.0 Å². The minimum Gasteiger partial charge on any atom is -0.389 e. The third-order valence-electron chi connectivity index (χ3n) is 3.84. The molecule has 0 amide bonds. The predicted octanol–water partition coefficient (Wildman–Crippen LogP) is 2.65. The third kappa shape index (κ3) is 2.50. The fourth-order valence-electron chi connectivity index (χ4n) is 2.70. The second kappa shape index (κ2) is 6.09. The molecule has 0 spiro atoms. The molecule has 1 aliphatic heterocycles. The number of anilines is 1. The maximum Gasteiger partial charge on any atom is 0.149 e. The number of aliphatic hydroxyl groups is 1. The number of hydrogen-bond donors (Lipinski definition) is 1. The Kier molecular flexibility index (Phi) is 4.16. The summed E-state index contributed by atoms with van der Waals surface area (Å²) in [6.45, 7) is 4.26. The summed E-state index contributed by atoms with van der Waals surface area (Å²) in [6, 6.07) is 7.60.